The van der Waals surface area contributed by atoms with Gasteiger partial charge in [0.05, 0.1) is 0 Å². The summed E-state index contributed by atoms with van der Waals surface area (Å²) in [5, 5.41) is 0. The Hall–Kier alpha value is -1.11. The van der Waals surface area contributed by atoms with Gasteiger partial charge in [0.25, 0.3) is 0 Å². The van der Waals surface area contributed by atoms with Crippen LogP contribution in [0.4, 0.5) is 0 Å². The molecule has 1 heteroatoms. The molecule has 0 N–H and O–H groups in total. The monoisotopic (exact) mass is 230 g/mol. The summed E-state index contributed by atoms with van der Waals surface area (Å²) < 4.78 is 0. The van der Waals surface area contributed by atoms with E-state index in [1.807, 2.05) is 19.1 Å². The second-order valence-electron chi connectivity index (χ2n) is 5.43. The van der Waals surface area contributed by atoms with Gasteiger partial charge in [-0.15, -0.1) is 0 Å². The van der Waals surface area contributed by atoms with Gasteiger partial charge in [-0.2, -0.15) is 0 Å². The van der Waals surface area contributed by atoms with Crippen molar-refractivity contribution in [2.75, 3.05) is 0 Å². The van der Waals surface area contributed by atoms with Gasteiger partial charge in [0.1, 0.15) is 0 Å². The first kappa shape index (κ1) is 12.3. The van der Waals surface area contributed by atoms with Crippen molar-refractivity contribution in [3.05, 3.63) is 34.9 Å². The van der Waals surface area contributed by atoms with Gasteiger partial charge in [-0.1, -0.05) is 49.4 Å². The Bertz CT molecular complexity index is 400. The SMILES string of the molecule is Cc1ccc(C(=O)CCC2CCCC2)c(C)c1. The minimum Gasteiger partial charge on any atom is -0.294 e. The van der Waals surface area contributed by atoms with E-state index in [0.29, 0.717) is 5.78 Å². The normalized spacial score (nSPS) is 16.4. The fourth-order valence-corrected chi connectivity index (χ4v) is 2.90. The largest absolute Gasteiger partial charge is 0.294 e. The van der Waals surface area contributed by atoms with Crippen molar-refractivity contribution in [3.8, 4) is 0 Å². The van der Waals surface area contributed by atoms with Gasteiger partial charge in [-0.3, -0.25) is 4.79 Å². The van der Waals surface area contributed by atoms with Crippen LogP contribution in [0.15, 0.2) is 18.2 Å². The highest BCUT2D eigenvalue weighted by Crippen LogP contribution is 2.29. The second kappa shape index (κ2) is 5.48. The average Bonchev–Trinajstić information content (AvgIpc) is 2.78. The van der Waals surface area contributed by atoms with E-state index >= 15 is 0 Å². The molecule has 0 atom stereocenters. The third-order valence-corrected chi connectivity index (χ3v) is 3.94. The summed E-state index contributed by atoms with van der Waals surface area (Å²) in [6, 6.07) is 6.13. The molecule has 0 saturated heterocycles. The highest BCUT2D eigenvalue weighted by molar-refractivity contribution is 5.97. The molecule has 1 saturated carbocycles. The third kappa shape index (κ3) is 3.18. The molecule has 92 valence electrons. The Morgan fingerprint density at radius 1 is 1.24 bits per heavy atom. The fourth-order valence-electron chi connectivity index (χ4n) is 2.90. The van der Waals surface area contributed by atoms with Crippen LogP contribution in [-0.2, 0) is 0 Å². The maximum atomic E-state index is 12.1. The van der Waals surface area contributed by atoms with E-state index in [4.69, 9.17) is 0 Å². The molecular formula is C16H22O. The lowest BCUT2D eigenvalue weighted by Crippen LogP contribution is -2.05. The van der Waals surface area contributed by atoms with E-state index in [-0.39, 0.29) is 0 Å². The molecule has 0 radical (unpaired) electrons. The molecular weight excluding hydrogens is 208 g/mol. The standard InChI is InChI=1S/C16H22O/c1-12-7-9-15(13(2)11-12)16(17)10-8-14-5-3-4-6-14/h7,9,11,14H,3-6,8,10H2,1-2H3. The predicted molar refractivity (Wildman–Crippen MR) is 71.4 cm³/mol. The van der Waals surface area contributed by atoms with Gasteiger partial charge in [0.2, 0.25) is 0 Å². The van der Waals surface area contributed by atoms with Crippen LogP contribution in [0.2, 0.25) is 0 Å². The zero-order chi connectivity index (χ0) is 12.3. The zero-order valence-corrected chi connectivity index (χ0v) is 11.0. The number of hydrogen-bond donors (Lipinski definition) is 0. The fraction of sp³-hybridized carbons (Fsp3) is 0.562. The molecule has 17 heavy (non-hydrogen) atoms. The first-order chi connectivity index (χ1) is 8.16. The van der Waals surface area contributed by atoms with Crippen molar-refractivity contribution in [1.82, 2.24) is 0 Å². The van der Waals surface area contributed by atoms with Gasteiger partial charge in [0, 0.05) is 12.0 Å². The average molecular weight is 230 g/mol. The van der Waals surface area contributed by atoms with E-state index < -0.39 is 0 Å². The first-order valence-electron chi connectivity index (χ1n) is 6.77. The molecule has 0 heterocycles. The number of carbonyl (C=O) groups excluding carboxylic acids is 1. The van der Waals surface area contributed by atoms with Crippen LogP contribution in [0.5, 0.6) is 0 Å². The molecule has 1 aliphatic carbocycles. The minimum atomic E-state index is 0.328. The Balaban J connectivity index is 1.94. The molecule has 0 bridgehead atoms. The maximum Gasteiger partial charge on any atom is 0.163 e. The molecule has 1 nitrogen and oxygen atoms in total. The number of aryl methyl sites for hydroxylation is 2. The van der Waals surface area contributed by atoms with Crippen LogP contribution in [0, 0.1) is 19.8 Å². The Morgan fingerprint density at radius 3 is 2.59 bits per heavy atom. The molecule has 1 fully saturated rings. The van der Waals surface area contributed by atoms with Crippen molar-refractivity contribution in [3.63, 3.8) is 0 Å². The molecule has 1 aromatic carbocycles. The number of carbonyl (C=O) groups is 1. The lowest BCUT2D eigenvalue weighted by Gasteiger charge is -2.09. The van der Waals surface area contributed by atoms with Crippen LogP contribution in [0.25, 0.3) is 0 Å². The van der Waals surface area contributed by atoms with Crippen LogP contribution in [-0.4, -0.2) is 5.78 Å². The summed E-state index contributed by atoms with van der Waals surface area (Å²) in [5.74, 6) is 1.14. The number of benzene rings is 1. The van der Waals surface area contributed by atoms with Gasteiger partial charge in [0.15, 0.2) is 5.78 Å². The maximum absolute atomic E-state index is 12.1. The van der Waals surface area contributed by atoms with E-state index in [9.17, 15) is 4.79 Å². The second-order valence-corrected chi connectivity index (χ2v) is 5.43. The van der Waals surface area contributed by atoms with E-state index in [0.717, 1.165) is 29.9 Å². The van der Waals surface area contributed by atoms with Gasteiger partial charge < -0.3 is 0 Å². The molecule has 2 rings (SSSR count). The topological polar surface area (TPSA) is 17.1 Å². The number of Topliss-reactive ketones (excluding diaryl/α,β-unsaturated/α-hetero) is 1. The summed E-state index contributed by atoms with van der Waals surface area (Å²) in [5.41, 5.74) is 3.28. The Morgan fingerprint density at radius 2 is 1.94 bits per heavy atom. The van der Waals surface area contributed by atoms with Crippen LogP contribution >= 0.6 is 0 Å². The summed E-state index contributed by atoms with van der Waals surface area (Å²) >= 11 is 0. The summed E-state index contributed by atoms with van der Waals surface area (Å²) in [6.07, 6.45) is 7.21. The summed E-state index contributed by atoms with van der Waals surface area (Å²) in [6.45, 7) is 4.11. The first-order valence-corrected chi connectivity index (χ1v) is 6.77. The number of rotatable bonds is 4. The van der Waals surface area contributed by atoms with Gasteiger partial charge in [-0.25, -0.2) is 0 Å². The highest BCUT2D eigenvalue weighted by Gasteiger charge is 2.17. The smallest absolute Gasteiger partial charge is 0.163 e. The molecule has 0 aliphatic heterocycles. The van der Waals surface area contributed by atoms with Gasteiger partial charge in [-0.05, 0) is 31.7 Å². The highest BCUT2D eigenvalue weighted by atomic mass is 16.1. The molecule has 0 spiro atoms. The molecule has 1 aromatic rings. The Kier molecular flexibility index (Phi) is 3.98. The van der Waals surface area contributed by atoms with Gasteiger partial charge >= 0.3 is 0 Å². The summed E-state index contributed by atoms with van der Waals surface area (Å²) in [4.78, 5) is 12.1. The van der Waals surface area contributed by atoms with Crippen molar-refractivity contribution in [1.29, 1.82) is 0 Å². The van der Waals surface area contributed by atoms with E-state index in [1.165, 1.54) is 31.2 Å². The third-order valence-electron chi connectivity index (χ3n) is 3.94. The molecule has 1 aliphatic rings. The molecule has 0 unspecified atom stereocenters. The van der Waals surface area contributed by atoms with Crippen molar-refractivity contribution in [2.45, 2.75) is 52.4 Å². The zero-order valence-electron chi connectivity index (χ0n) is 11.0. The number of hydrogen-bond acceptors (Lipinski definition) is 1. The molecule has 0 amide bonds. The Labute approximate surface area is 104 Å². The lowest BCUT2D eigenvalue weighted by atomic mass is 9.95. The van der Waals surface area contributed by atoms with Crippen LogP contribution < -0.4 is 0 Å². The lowest BCUT2D eigenvalue weighted by molar-refractivity contribution is 0.0973. The van der Waals surface area contributed by atoms with E-state index in [1.54, 1.807) is 0 Å². The molecule has 0 aromatic heterocycles. The van der Waals surface area contributed by atoms with E-state index in [2.05, 4.69) is 13.0 Å². The quantitative estimate of drug-likeness (QED) is 0.698. The van der Waals surface area contributed by atoms with Crippen LogP contribution in [0.3, 0.4) is 0 Å². The van der Waals surface area contributed by atoms with Crippen molar-refractivity contribution < 1.29 is 4.79 Å². The van der Waals surface area contributed by atoms with Crippen molar-refractivity contribution in [2.24, 2.45) is 5.92 Å². The van der Waals surface area contributed by atoms with Crippen molar-refractivity contribution >= 4 is 5.78 Å². The van der Waals surface area contributed by atoms with Crippen LogP contribution in [0.1, 0.15) is 60.0 Å². The predicted octanol–water partition coefficient (Wildman–Crippen LogP) is 4.46. The number of ketones is 1. The minimum absolute atomic E-state index is 0.328. The summed E-state index contributed by atoms with van der Waals surface area (Å²) in [7, 11) is 0.